The van der Waals surface area contributed by atoms with Crippen LogP contribution in [-0.2, 0) is 20.6 Å². The molecule has 3 aromatic rings. The molecule has 0 saturated carbocycles. The van der Waals surface area contributed by atoms with Crippen molar-refractivity contribution in [2.45, 2.75) is 5.75 Å². The van der Waals surface area contributed by atoms with Crippen LogP contribution in [0.2, 0.25) is 0 Å². The molecule has 1 N–H and O–H groups in total. The Balaban J connectivity index is 1.69. The van der Waals surface area contributed by atoms with Crippen LogP contribution in [0.5, 0.6) is 0 Å². The van der Waals surface area contributed by atoms with Gasteiger partial charge < -0.3 is 0 Å². The van der Waals surface area contributed by atoms with Gasteiger partial charge >= 0.3 is 0 Å². The van der Waals surface area contributed by atoms with Crippen molar-refractivity contribution in [3.8, 4) is 0 Å². The molecule has 0 bridgehead atoms. The van der Waals surface area contributed by atoms with Crippen LogP contribution in [0.15, 0.2) is 72.8 Å². The molecule has 0 unspecified atom stereocenters. The highest BCUT2D eigenvalue weighted by atomic mass is 32.2. The zero-order chi connectivity index (χ0) is 20.1. The van der Waals surface area contributed by atoms with E-state index in [9.17, 15) is 23.3 Å². The molecular weight excluding hydrogens is 380 g/mol. The van der Waals surface area contributed by atoms with E-state index in [1.807, 2.05) is 47.2 Å². The molecule has 0 radical (unpaired) electrons. The number of hydrogen-bond donors (Lipinski definition) is 1. The highest BCUT2D eigenvalue weighted by Gasteiger charge is 2.15. The smallest absolute Gasteiger partial charge is 0.269 e. The van der Waals surface area contributed by atoms with Crippen LogP contribution in [0.3, 0.4) is 0 Å². The second kappa shape index (κ2) is 8.01. The Morgan fingerprint density at radius 1 is 1.00 bits per heavy atom. The number of rotatable bonds is 6. The highest BCUT2D eigenvalue weighted by Crippen LogP contribution is 2.19. The van der Waals surface area contributed by atoms with E-state index in [2.05, 4.69) is 0 Å². The summed E-state index contributed by atoms with van der Waals surface area (Å²) >= 11 is 0. The molecule has 0 heterocycles. The normalized spacial score (nSPS) is 11.6. The summed E-state index contributed by atoms with van der Waals surface area (Å²) < 4.78 is 26.3. The fourth-order valence-corrected chi connectivity index (χ4v) is 3.80. The van der Waals surface area contributed by atoms with E-state index >= 15 is 0 Å². The van der Waals surface area contributed by atoms with Crippen molar-refractivity contribution < 1.29 is 18.1 Å². The molecule has 0 atom stereocenters. The molecular formula is C20H16N2O5S. The molecule has 0 aliphatic rings. The van der Waals surface area contributed by atoms with Gasteiger partial charge in [0.25, 0.3) is 11.6 Å². The number of fused-ring (bicyclic) bond motifs is 1. The highest BCUT2D eigenvalue weighted by molar-refractivity contribution is 7.89. The summed E-state index contributed by atoms with van der Waals surface area (Å²) in [5.41, 5.74) is 0.994. The first-order valence-electron chi connectivity index (χ1n) is 8.28. The Morgan fingerprint density at radius 2 is 1.68 bits per heavy atom. The van der Waals surface area contributed by atoms with Gasteiger partial charge in [-0.2, -0.15) is 0 Å². The van der Waals surface area contributed by atoms with E-state index < -0.39 is 26.6 Å². The second-order valence-corrected chi connectivity index (χ2v) is 7.77. The number of carbonyl (C=O) groups is 1. The van der Waals surface area contributed by atoms with Crippen LogP contribution >= 0.6 is 0 Å². The summed E-state index contributed by atoms with van der Waals surface area (Å²) in [6.45, 7) is 0. The van der Waals surface area contributed by atoms with Gasteiger partial charge in [-0.15, -0.1) is 0 Å². The number of nitrogens with one attached hydrogen (secondary N) is 1. The lowest BCUT2D eigenvalue weighted by molar-refractivity contribution is -0.384. The number of sulfonamides is 1. The first kappa shape index (κ1) is 19.2. The predicted molar refractivity (Wildman–Crippen MR) is 107 cm³/mol. The van der Waals surface area contributed by atoms with Crippen molar-refractivity contribution in [2.75, 3.05) is 0 Å². The van der Waals surface area contributed by atoms with Gasteiger partial charge in [-0.1, -0.05) is 54.6 Å². The summed E-state index contributed by atoms with van der Waals surface area (Å²) in [4.78, 5) is 22.1. The average Bonchev–Trinajstić information content (AvgIpc) is 2.66. The van der Waals surface area contributed by atoms with Gasteiger partial charge in [-0.05, 0) is 28.0 Å². The molecule has 0 spiro atoms. The lowest BCUT2D eigenvalue weighted by Gasteiger charge is -2.05. The minimum atomic E-state index is -3.93. The first-order valence-corrected chi connectivity index (χ1v) is 9.93. The molecule has 3 aromatic carbocycles. The average molecular weight is 396 g/mol. The minimum Gasteiger partial charge on any atom is -0.269 e. The number of carbonyl (C=O) groups excluding carboxylic acids is 1. The van der Waals surface area contributed by atoms with E-state index in [0.717, 1.165) is 22.4 Å². The molecule has 1 amide bonds. The number of hydrogen-bond acceptors (Lipinski definition) is 5. The van der Waals surface area contributed by atoms with Crippen LogP contribution in [-0.4, -0.2) is 19.2 Å². The summed E-state index contributed by atoms with van der Waals surface area (Å²) in [7, 11) is -3.93. The second-order valence-electron chi connectivity index (χ2n) is 6.05. The maximum Gasteiger partial charge on any atom is 0.269 e. The largest absolute Gasteiger partial charge is 0.269 e. The number of nitro benzene ring substituents is 1. The van der Waals surface area contributed by atoms with Crippen molar-refractivity contribution in [3.05, 3.63) is 94.0 Å². The number of non-ortho nitro benzene ring substituents is 1. The lowest BCUT2D eigenvalue weighted by Crippen LogP contribution is -2.30. The van der Waals surface area contributed by atoms with Gasteiger partial charge in [0.15, 0.2) is 0 Å². The molecule has 0 aliphatic heterocycles. The Hall–Kier alpha value is -3.52. The van der Waals surface area contributed by atoms with E-state index in [1.54, 1.807) is 6.08 Å². The maximum atomic E-state index is 12.2. The van der Waals surface area contributed by atoms with E-state index in [-0.39, 0.29) is 5.69 Å². The quantitative estimate of drug-likeness (QED) is 0.390. The lowest BCUT2D eigenvalue weighted by atomic mass is 10.0. The van der Waals surface area contributed by atoms with Crippen LogP contribution in [0.4, 0.5) is 5.69 Å². The van der Waals surface area contributed by atoms with Crippen LogP contribution in [0, 0.1) is 10.1 Å². The standard InChI is InChI=1S/C20H16N2O5S/c23-20(13-10-17-6-3-5-16-4-1-2-7-19(16)17)21-28(26,27)14-15-8-11-18(12-9-15)22(24)25/h1-13H,14H2,(H,21,23)/b13-10+. The van der Waals surface area contributed by atoms with Gasteiger partial charge in [0.2, 0.25) is 10.0 Å². The van der Waals surface area contributed by atoms with Gasteiger partial charge in [-0.3, -0.25) is 14.9 Å². The molecule has 142 valence electrons. The Kier molecular flexibility index (Phi) is 5.51. The van der Waals surface area contributed by atoms with Gasteiger partial charge in [-0.25, -0.2) is 13.1 Å². The Labute approximate surface area is 161 Å². The first-order chi connectivity index (χ1) is 13.3. The molecule has 0 saturated heterocycles. The number of nitro groups is 1. The predicted octanol–water partition coefficient (Wildman–Crippen LogP) is 3.41. The molecule has 8 heteroatoms. The van der Waals surface area contributed by atoms with Crippen molar-refractivity contribution in [3.63, 3.8) is 0 Å². The molecule has 0 aromatic heterocycles. The minimum absolute atomic E-state index is 0.136. The van der Waals surface area contributed by atoms with Crippen LogP contribution in [0.25, 0.3) is 16.8 Å². The molecule has 3 rings (SSSR count). The SMILES string of the molecule is O=C(/C=C/c1cccc2ccccc12)NS(=O)(=O)Cc1ccc([N+](=O)[O-])cc1. The number of nitrogens with zero attached hydrogens (tertiary/aromatic N) is 1. The Morgan fingerprint density at radius 3 is 2.39 bits per heavy atom. The monoisotopic (exact) mass is 396 g/mol. The molecule has 28 heavy (non-hydrogen) atoms. The molecule has 0 aliphatic carbocycles. The molecule has 7 nitrogen and oxygen atoms in total. The topological polar surface area (TPSA) is 106 Å². The number of amides is 1. The van der Waals surface area contributed by atoms with Crippen LogP contribution < -0.4 is 4.72 Å². The summed E-state index contributed by atoms with van der Waals surface area (Å²) in [5.74, 6) is -1.23. The zero-order valence-corrected chi connectivity index (χ0v) is 15.4. The van der Waals surface area contributed by atoms with E-state index in [0.29, 0.717) is 5.56 Å². The number of benzene rings is 3. The zero-order valence-electron chi connectivity index (χ0n) is 14.6. The summed E-state index contributed by atoms with van der Waals surface area (Å²) in [6, 6.07) is 18.4. The third-order valence-electron chi connectivity index (χ3n) is 4.00. The summed E-state index contributed by atoms with van der Waals surface area (Å²) in [6.07, 6.45) is 2.72. The fraction of sp³-hybridized carbons (Fsp3) is 0.0500. The third kappa shape index (κ3) is 4.80. The van der Waals surface area contributed by atoms with Crippen molar-refractivity contribution in [1.29, 1.82) is 0 Å². The van der Waals surface area contributed by atoms with Gasteiger partial charge in [0, 0.05) is 18.2 Å². The van der Waals surface area contributed by atoms with Crippen molar-refractivity contribution in [1.82, 2.24) is 4.72 Å². The molecule has 0 fully saturated rings. The van der Waals surface area contributed by atoms with Crippen molar-refractivity contribution >= 4 is 38.5 Å². The van der Waals surface area contributed by atoms with E-state index in [1.165, 1.54) is 24.3 Å². The van der Waals surface area contributed by atoms with E-state index in [4.69, 9.17) is 0 Å². The fourth-order valence-electron chi connectivity index (χ4n) is 2.72. The van der Waals surface area contributed by atoms with Crippen molar-refractivity contribution in [2.24, 2.45) is 0 Å². The Bertz CT molecular complexity index is 1160. The van der Waals surface area contributed by atoms with Gasteiger partial charge in [0.1, 0.15) is 0 Å². The third-order valence-corrected chi connectivity index (χ3v) is 5.22. The maximum absolute atomic E-state index is 12.2. The van der Waals surface area contributed by atoms with Gasteiger partial charge in [0.05, 0.1) is 10.7 Å². The van der Waals surface area contributed by atoms with Crippen LogP contribution in [0.1, 0.15) is 11.1 Å². The summed E-state index contributed by atoms with van der Waals surface area (Å²) in [5, 5.41) is 12.6.